The van der Waals surface area contributed by atoms with Crippen molar-refractivity contribution in [3.63, 3.8) is 0 Å². The normalized spacial score (nSPS) is 14.9. The van der Waals surface area contributed by atoms with E-state index in [1.807, 2.05) is 20.8 Å². The highest BCUT2D eigenvalue weighted by Gasteiger charge is 2.27. The maximum Gasteiger partial charge on any atom is 0.146 e. The van der Waals surface area contributed by atoms with Crippen molar-refractivity contribution in [1.82, 2.24) is 10.4 Å². The number of pyridine rings is 1. The molecular weight excluding hydrogens is 221 g/mol. The second-order valence-electron chi connectivity index (χ2n) is 4.21. The zero-order valence-electron chi connectivity index (χ0n) is 10.5. The van der Waals surface area contributed by atoms with Crippen molar-refractivity contribution in [2.45, 2.75) is 32.9 Å². The fourth-order valence-corrected chi connectivity index (χ4v) is 1.87. The van der Waals surface area contributed by atoms with E-state index in [1.54, 1.807) is 12.3 Å². The van der Waals surface area contributed by atoms with Gasteiger partial charge in [-0.05, 0) is 18.9 Å². The van der Waals surface area contributed by atoms with E-state index in [4.69, 9.17) is 10.6 Å². The lowest BCUT2D eigenvalue weighted by molar-refractivity contribution is 0.00193. The summed E-state index contributed by atoms with van der Waals surface area (Å²) >= 11 is 0. The van der Waals surface area contributed by atoms with Crippen molar-refractivity contribution in [2.24, 2.45) is 11.8 Å². The topological polar surface area (TPSA) is 60.2 Å². The standard InChI is InChI=1S/C12H20FN3O/c1-4-17-12(8(2)3)11(16-14)9-5-6-15-7-10(9)13/h5-8,11-12,16H,4,14H2,1-3H3. The molecule has 3 N–H and O–H groups in total. The number of hydrogen-bond acceptors (Lipinski definition) is 4. The van der Waals surface area contributed by atoms with Gasteiger partial charge in [-0.2, -0.15) is 0 Å². The number of nitrogens with one attached hydrogen (secondary N) is 1. The molecule has 0 aliphatic carbocycles. The molecule has 2 atom stereocenters. The first-order valence-corrected chi connectivity index (χ1v) is 5.78. The third-order valence-corrected chi connectivity index (χ3v) is 2.66. The Morgan fingerprint density at radius 2 is 2.24 bits per heavy atom. The minimum absolute atomic E-state index is 0.179. The lowest BCUT2D eigenvalue weighted by Crippen LogP contribution is -2.41. The Morgan fingerprint density at radius 1 is 1.53 bits per heavy atom. The van der Waals surface area contributed by atoms with Crippen LogP contribution in [0.4, 0.5) is 4.39 Å². The Kier molecular flexibility index (Phi) is 5.47. The average Bonchev–Trinajstić information content (AvgIpc) is 2.31. The van der Waals surface area contributed by atoms with Crippen molar-refractivity contribution >= 4 is 0 Å². The summed E-state index contributed by atoms with van der Waals surface area (Å²) in [7, 11) is 0. The van der Waals surface area contributed by atoms with E-state index in [1.165, 1.54) is 6.20 Å². The van der Waals surface area contributed by atoms with Gasteiger partial charge in [0.25, 0.3) is 0 Å². The van der Waals surface area contributed by atoms with Gasteiger partial charge in [-0.3, -0.25) is 16.3 Å². The van der Waals surface area contributed by atoms with Gasteiger partial charge in [0.05, 0.1) is 18.3 Å². The number of ether oxygens (including phenoxy) is 1. The van der Waals surface area contributed by atoms with E-state index in [9.17, 15) is 4.39 Å². The van der Waals surface area contributed by atoms with Gasteiger partial charge in [0.15, 0.2) is 0 Å². The van der Waals surface area contributed by atoms with Crippen LogP contribution in [0.3, 0.4) is 0 Å². The van der Waals surface area contributed by atoms with E-state index >= 15 is 0 Å². The van der Waals surface area contributed by atoms with Crippen molar-refractivity contribution in [3.8, 4) is 0 Å². The van der Waals surface area contributed by atoms with Gasteiger partial charge >= 0.3 is 0 Å². The van der Waals surface area contributed by atoms with Crippen LogP contribution in [-0.4, -0.2) is 17.7 Å². The Bertz CT molecular complexity index is 346. The maximum atomic E-state index is 13.7. The zero-order chi connectivity index (χ0) is 12.8. The van der Waals surface area contributed by atoms with Crippen LogP contribution in [0.2, 0.25) is 0 Å². The summed E-state index contributed by atoms with van der Waals surface area (Å²) in [5, 5.41) is 0. The summed E-state index contributed by atoms with van der Waals surface area (Å²) < 4.78 is 19.3. The molecule has 0 aliphatic heterocycles. The maximum absolute atomic E-state index is 13.7. The molecule has 17 heavy (non-hydrogen) atoms. The minimum Gasteiger partial charge on any atom is -0.376 e. The summed E-state index contributed by atoms with van der Waals surface area (Å²) in [5.41, 5.74) is 3.11. The molecule has 4 nitrogen and oxygen atoms in total. The fraction of sp³-hybridized carbons (Fsp3) is 0.583. The predicted octanol–water partition coefficient (Wildman–Crippen LogP) is 1.79. The summed E-state index contributed by atoms with van der Waals surface area (Å²) in [6.45, 7) is 6.51. The highest BCUT2D eigenvalue weighted by molar-refractivity contribution is 5.19. The molecular formula is C12H20FN3O. The van der Waals surface area contributed by atoms with Crippen LogP contribution in [-0.2, 0) is 4.74 Å². The second kappa shape index (κ2) is 6.64. The molecule has 2 unspecified atom stereocenters. The van der Waals surface area contributed by atoms with Gasteiger partial charge < -0.3 is 4.74 Å². The summed E-state index contributed by atoms with van der Waals surface area (Å²) in [5.74, 6) is 5.38. The van der Waals surface area contributed by atoms with E-state index in [2.05, 4.69) is 10.4 Å². The van der Waals surface area contributed by atoms with Gasteiger partial charge in [-0.25, -0.2) is 4.39 Å². The van der Waals surface area contributed by atoms with E-state index < -0.39 is 0 Å². The van der Waals surface area contributed by atoms with E-state index in [0.29, 0.717) is 12.2 Å². The van der Waals surface area contributed by atoms with Crippen LogP contribution in [0.15, 0.2) is 18.5 Å². The number of nitrogens with zero attached hydrogens (tertiary/aromatic N) is 1. The Morgan fingerprint density at radius 3 is 2.71 bits per heavy atom. The molecule has 0 fully saturated rings. The molecule has 1 aromatic rings. The van der Waals surface area contributed by atoms with Crippen molar-refractivity contribution in [3.05, 3.63) is 29.8 Å². The van der Waals surface area contributed by atoms with Gasteiger partial charge in [-0.15, -0.1) is 0 Å². The summed E-state index contributed by atoms with van der Waals surface area (Å²) in [6.07, 6.45) is 2.55. The molecule has 1 aromatic heterocycles. The molecule has 0 radical (unpaired) electrons. The Labute approximate surface area is 101 Å². The molecule has 0 aromatic carbocycles. The molecule has 0 bridgehead atoms. The fourth-order valence-electron chi connectivity index (χ4n) is 1.87. The smallest absolute Gasteiger partial charge is 0.146 e. The average molecular weight is 241 g/mol. The van der Waals surface area contributed by atoms with Gasteiger partial charge in [-0.1, -0.05) is 13.8 Å². The van der Waals surface area contributed by atoms with Gasteiger partial charge in [0, 0.05) is 18.4 Å². The molecule has 96 valence electrons. The number of hydrazine groups is 1. The van der Waals surface area contributed by atoms with Crippen LogP contribution in [0, 0.1) is 11.7 Å². The van der Waals surface area contributed by atoms with Crippen molar-refractivity contribution in [1.29, 1.82) is 0 Å². The molecule has 0 saturated carbocycles. The first-order chi connectivity index (χ1) is 8.11. The molecule has 1 rings (SSSR count). The third kappa shape index (κ3) is 3.46. The molecule has 0 spiro atoms. The number of nitrogens with two attached hydrogens (primary N) is 1. The number of halogens is 1. The summed E-state index contributed by atoms with van der Waals surface area (Å²) in [4.78, 5) is 3.73. The van der Waals surface area contributed by atoms with Gasteiger partial charge in [0.1, 0.15) is 5.82 Å². The van der Waals surface area contributed by atoms with Crippen molar-refractivity contribution < 1.29 is 9.13 Å². The number of rotatable bonds is 6. The van der Waals surface area contributed by atoms with Crippen LogP contribution < -0.4 is 11.3 Å². The Balaban J connectivity index is 3.00. The van der Waals surface area contributed by atoms with Crippen molar-refractivity contribution in [2.75, 3.05) is 6.61 Å². The second-order valence-corrected chi connectivity index (χ2v) is 4.21. The first-order valence-electron chi connectivity index (χ1n) is 5.78. The lowest BCUT2D eigenvalue weighted by atomic mass is 9.94. The molecule has 5 heteroatoms. The number of hydrogen-bond donors (Lipinski definition) is 2. The largest absolute Gasteiger partial charge is 0.376 e. The molecule has 0 amide bonds. The highest BCUT2D eigenvalue weighted by atomic mass is 19.1. The van der Waals surface area contributed by atoms with Crippen LogP contribution in [0.1, 0.15) is 32.4 Å². The monoisotopic (exact) mass is 241 g/mol. The predicted molar refractivity (Wildman–Crippen MR) is 64.5 cm³/mol. The SMILES string of the molecule is CCOC(C(C)C)C(NN)c1ccncc1F. The summed E-state index contributed by atoms with van der Waals surface area (Å²) in [6, 6.07) is 1.24. The van der Waals surface area contributed by atoms with E-state index in [-0.39, 0.29) is 23.9 Å². The Hall–Kier alpha value is -1.04. The number of aromatic nitrogens is 1. The minimum atomic E-state index is -0.377. The lowest BCUT2D eigenvalue weighted by Gasteiger charge is -2.29. The van der Waals surface area contributed by atoms with Crippen LogP contribution >= 0.6 is 0 Å². The molecule has 0 aliphatic rings. The first kappa shape index (κ1) is 14.0. The van der Waals surface area contributed by atoms with Gasteiger partial charge in [0.2, 0.25) is 0 Å². The third-order valence-electron chi connectivity index (χ3n) is 2.66. The quantitative estimate of drug-likeness (QED) is 0.589. The zero-order valence-corrected chi connectivity index (χ0v) is 10.5. The van der Waals surface area contributed by atoms with Crippen LogP contribution in [0.25, 0.3) is 0 Å². The van der Waals surface area contributed by atoms with E-state index in [0.717, 1.165) is 0 Å². The molecule has 1 heterocycles. The highest BCUT2D eigenvalue weighted by Crippen LogP contribution is 2.25. The molecule has 0 saturated heterocycles. The van der Waals surface area contributed by atoms with Crippen LogP contribution in [0.5, 0.6) is 0 Å².